The van der Waals surface area contributed by atoms with Crippen molar-refractivity contribution < 1.29 is 0 Å². The minimum atomic E-state index is -0.275. The Hall–Kier alpha value is -1.60. The summed E-state index contributed by atoms with van der Waals surface area (Å²) in [7, 11) is 1.66. The van der Waals surface area contributed by atoms with Gasteiger partial charge in [-0.15, -0.1) is 0 Å². The van der Waals surface area contributed by atoms with Crippen molar-refractivity contribution in [3.63, 3.8) is 0 Å². The number of benzene rings is 1. The van der Waals surface area contributed by atoms with Gasteiger partial charge in [-0.05, 0) is 22.0 Å². The molecular formula is C11H7BrN2O. The minimum absolute atomic E-state index is 0.149. The lowest BCUT2D eigenvalue weighted by molar-refractivity contribution is 0.899. The van der Waals surface area contributed by atoms with Crippen LogP contribution in [-0.4, -0.2) is 4.57 Å². The topological polar surface area (TPSA) is 45.8 Å². The summed E-state index contributed by atoms with van der Waals surface area (Å²) in [6.07, 6.45) is 0. The Labute approximate surface area is 94.7 Å². The van der Waals surface area contributed by atoms with Gasteiger partial charge in [-0.3, -0.25) is 4.79 Å². The number of halogens is 1. The fourth-order valence-corrected chi connectivity index (χ4v) is 2.15. The largest absolute Gasteiger partial charge is 0.310 e. The standard InChI is InChI=1S/C11H7BrN2O/c1-14-9-5-3-2-4-7(9)10(12)8(6-13)11(14)15/h2-5H,1H3. The van der Waals surface area contributed by atoms with Gasteiger partial charge in [0.25, 0.3) is 5.56 Å². The SMILES string of the molecule is Cn1c(=O)c(C#N)c(Br)c2ccccc21. The molecule has 0 aliphatic carbocycles. The van der Waals surface area contributed by atoms with Crippen molar-refractivity contribution in [3.05, 3.63) is 44.7 Å². The van der Waals surface area contributed by atoms with Crippen LogP contribution in [0.15, 0.2) is 33.5 Å². The lowest BCUT2D eigenvalue weighted by Crippen LogP contribution is -2.20. The third-order valence-electron chi connectivity index (χ3n) is 2.35. The molecule has 4 heteroatoms. The van der Waals surface area contributed by atoms with E-state index in [0.717, 1.165) is 10.9 Å². The van der Waals surface area contributed by atoms with E-state index in [2.05, 4.69) is 15.9 Å². The fourth-order valence-electron chi connectivity index (χ4n) is 1.55. The number of para-hydroxylation sites is 1. The molecule has 0 amide bonds. The Morgan fingerprint density at radius 1 is 1.40 bits per heavy atom. The first-order chi connectivity index (χ1) is 7.16. The smallest absolute Gasteiger partial charge is 0.269 e. The van der Waals surface area contributed by atoms with Crippen LogP contribution < -0.4 is 5.56 Å². The van der Waals surface area contributed by atoms with Crippen LogP contribution in [0, 0.1) is 11.3 Å². The summed E-state index contributed by atoms with van der Waals surface area (Å²) in [4.78, 5) is 11.7. The predicted molar refractivity (Wildman–Crippen MR) is 61.6 cm³/mol. The molecule has 0 saturated carbocycles. The van der Waals surface area contributed by atoms with Crippen molar-refractivity contribution in [2.45, 2.75) is 0 Å². The Kier molecular flexibility index (Phi) is 2.33. The molecule has 0 spiro atoms. The van der Waals surface area contributed by atoms with Crippen molar-refractivity contribution in [2.24, 2.45) is 7.05 Å². The molecule has 74 valence electrons. The van der Waals surface area contributed by atoms with E-state index in [0.29, 0.717) is 4.47 Å². The van der Waals surface area contributed by atoms with E-state index in [9.17, 15) is 4.79 Å². The number of fused-ring (bicyclic) bond motifs is 1. The molecule has 0 bridgehead atoms. The van der Waals surface area contributed by atoms with E-state index in [1.165, 1.54) is 4.57 Å². The summed E-state index contributed by atoms with van der Waals surface area (Å²) in [6.45, 7) is 0. The highest BCUT2D eigenvalue weighted by molar-refractivity contribution is 9.10. The van der Waals surface area contributed by atoms with Crippen molar-refractivity contribution in [1.29, 1.82) is 5.26 Å². The molecule has 1 heterocycles. The second-order valence-corrected chi connectivity index (χ2v) is 3.98. The zero-order chi connectivity index (χ0) is 11.0. The molecule has 0 N–H and O–H groups in total. The number of rotatable bonds is 0. The highest BCUT2D eigenvalue weighted by Gasteiger charge is 2.11. The summed E-state index contributed by atoms with van der Waals surface area (Å²) in [5, 5.41) is 9.76. The lowest BCUT2D eigenvalue weighted by Gasteiger charge is -2.07. The summed E-state index contributed by atoms with van der Waals surface area (Å²) < 4.78 is 2.06. The van der Waals surface area contributed by atoms with Gasteiger partial charge >= 0.3 is 0 Å². The second kappa shape index (κ2) is 3.52. The number of nitriles is 1. The molecule has 0 radical (unpaired) electrons. The van der Waals surface area contributed by atoms with Gasteiger partial charge in [0.2, 0.25) is 0 Å². The summed E-state index contributed by atoms with van der Waals surface area (Å²) in [5.74, 6) is 0. The van der Waals surface area contributed by atoms with Crippen LogP contribution in [-0.2, 0) is 7.05 Å². The Bertz CT molecular complexity index is 637. The molecule has 0 fully saturated rings. The van der Waals surface area contributed by atoms with Gasteiger partial charge in [-0.1, -0.05) is 18.2 Å². The van der Waals surface area contributed by atoms with Crippen LogP contribution >= 0.6 is 15.9 Å². The zero-order valence-electron chi connectivity index (χ0n) is 7.99. The van der Waals surface area contributed by atoms with E-state index in [1.54, 1.807) is 7.05 Å². The van der Waals surface area contributed by atoms with Crippen LogP contribution in [0.2, 0.25) is 0 Å². The maximum atomic E-state index is 11.7. The number of hydrogen-bond donors (Lipinski definition) is 0. The molecule has 3 nitrogen and oxygen atoms in total. The summed E-state index contributed by atoms with van der Waals surface area (Å²) >= 11 is 3.29. The molecule has 2 aromatic rings. The summed E-state index contributed by atoms with van der Waals surface area (Å²) in [5.41, 5.74) is 0.688. The molecule has 1 aromatic carbocycles. The van der Waals surface area contributed by atoms with Crippen LogP contribution in [0.5, 0.6) is 0 Å². The first kappa shape index (κ1) is 9.94. The van der Waals surface area contributed by atoms with Gasteiger partial charge in [-0.25, -0.2) is 0 Å². The molecule has 1 aromatic heterocycles. The zero-order valence-corrected chi connectivity index (χ0v) is 9.58. The highest BCUT2D eigenvalue weighted by atomic mass is 79.9. The van der Waals surface area contributed by atoms with Gasteiger partial charge in [0.1, 0.15) is 11.6 Å². The third-order valence-corrected chi connectivity index (χ3v) is 3.18. The van der Waals surface area contributed by atoms with Crippen LogP contribution in [0.1, 0.15) is 5.56 Å². The van der Waals surface area contributed by atoms with Crippen molar-refractivity contribution in [3.8, 4) is 6.07 Å². The number of hydrogen-bond acceptors (Lipinski definition) is 2. The first-order valence-electron chi connectivity index (χ1n) is 4.34. The quantitative estimate of drug-likeness (QED) is 0.731. The van der Waals surface area contributed by atoms with Crippen molar-refractivity contribution in [1.82, 2.24) is 4.57 Å². The molecule has 0 unspecified atom stereocenters. The Balaban J connectivity index is 3.12. The van der Waals surface area contributed by atoms with Gasteiger partial charge < -0.3 is 4.57 Å². The molecule has 0 saturated heterocycles. The van der Waals surface area contributed by atoms with Crippen molar-refractivity contribution >= 4 is 26.8 Å². The Morgan fingerprint density at radius 2 is 2.07 bits per heavy atom. The number of nitrogens with zero attached hydrogens (tertiary/aromatic N) is 2. The average molecular weight is 263 g/mol. The van der Waals surface area contributed by atoms with Crippen LogP contribution in [0.3, 0.4) is 0 Å². The number of pyridine rings is 1. The van der Waals surface area contributed by atoms with Crippen molar-refractivity contribution in [2.75, 3.05) is 0 Å². The maximum Gasteiger partial charge on any atom is 0.269 e. The third kappa shape index (κ3) is 1.36. The predicted octanol–water partition coefficient (Wildman–Crippen LogP) is 2.17. The van der Waals surface area contributed by atoms with Gasteiger partial charge in [-0.2, -0.15) is 5.26 Å². The van der Waals surface area contributed by atoms with Crippen LogP contribution in [0.25, 0.3) is 10.9 Å². The number of aromatic nitrogens is 1. The van der Waals surface area contributed by atoms with E-state index < -0.39 is 0 Å². The van der Waals surface area contributed by atoms with Gasteiger partial charge in [0.15, 0.2) is 0 Å². The highest BCUT2D eigenvalue weighted by Crippen LogP contribution is 2.24. The molecule has 15 heavy (non-hydrogen) atoms. The maximum absolute atomic E-state index is 11.7. The Morgan fingerprint density at radius 3 is 2.73 bits per heavy atom. The molecule has 0 aliphatic heterocycles. The molecule has 0 atom stereocenters. The van der Waals surface area contributed by atoms with Gasteiger partial charge in [0, 0.05) is 12.4 Å². The monoisotopic (exact) mass is 262 g/mol. The van der Waals surface area contributed by atoms with E-state index in [-0.39, 0.29) is 11.1 Å². The molecular weight excluding hydrogens is 256 g/mol. The molecule has 0 aliphatic rings. The van der Waals surface area contributed by atoms with E-state index in [4.69, 9.17) is 5.26 Å². The molecule has 2 rings (SSSR count). The fraction of sp³-hybridized carbons (Fsp3) is 0.0909. The van der Waals surface area contributed by atoms with Gasteiger partial charge in [0.05, 0.1) is 9.99 Å². The minimum Gasteiger partial charge on any atom is -0.310 e. The van der Waals surface area contributed by atoms with E-state index >= 15 is 0 Å². The summed E-state index contributed by atoms with van der Waals surface area (Å²) in [6, 6.07) is 9.38. The van der Waals surface area contributed by atoms with Crippen LogP contribution in [0.4, 0.5) is 0 Å². The average Bonchev–Trinajstić information content (AvgIpc) is 2.27. The second-order valence-electron chi connectivity index (χ2n) is 3.18. The number of aryl methyl sites for hydroxylation is 1. The normalized spacial score (nSPS) is 10.2. The first-order valence-corrected chi connectivity index (χ1v) is 5.13. The lowest BCUT2D eigenvalue weighted by atomic mass is 10.1. The van der Waals surface area contributed by atoms with E-state index in [1.807, 2.05) is 30.3 Å².